The summed E-state index contributed by atoms with van der Waals surface area (Å²) in [6.07, 6.45) is 0. The number of nitrogens with zero attached hydrogens (tertiary/aromatic N) is 3. The molecule has 0 saturated carbocycles. The van der Waals surface area contributed by atoms with E-state index >= 15 is 0 Å². The van der Waals surface area contributed by atoms with Crippen molar-refractivity contribution in [3.05, 3.63) is 45.9 Å². The number of aryl methyl sites for hydroxylation is 1. The third-order valence-electron chi connectivity index (χ3n) is 3.19. The fraction of sp³-hybridized carbons (Fsp3) is 0.250. The number of carbonyl (C=O) groups excluding carboxylic acids is 1. The largest absolute Gasteiger partial charge is 0.295 e. The molecular weight excluding hydrogens is 328 g/mol. The first-order valence-electron chi connectivity index (χ1n) is 7.20. The van der Waals surface area contributed by atoms with E-state index in [1.165, 1.54) is 28.2 Å². The van der Waals surface area contributed by atoms with Crippen molar-refractivity contribution in [1.29, 1.82) is 0 Å². The van der Waals surface area contributed by atoms with Gasteiger partial charge in [0.1, 0.15) is 15.7 Å². The van der Waals surface area contributed by atoms with E-state index in [1.54, 1.807) is 5.38 Å². The van der Waals surface area contributed by atoms with Crippen molar-refractivity contribution in [3.8, 4) is 10.6 Å². The topological polar surface area (TPSA) is 67.8 Å². The van der Waals surface area contributed by atoms with E-state index < -0.39 is 0 Å². The molecule has 2 aromatic heterocycles. The van der Waals surface area contributed by atoms with Crippen LogP contribution in [0.5, 0.6) is 0 Å². The molecule has 7 heteroatoms. The Labute approximate surface area is 142 Å². The van der Waals surface area contributed by atoms with Gasteiger partial charge in [0.2, 0.25) is 5.13 Å². The second-order valence-corrected chi connectivity index (χ2v) is 7.33. The smallest absolute Gasteiger partial charge is 0.276 e. The van der Waals surface area contributed by atoms with Crippen molar-refractivity contribution in [1.82, 2.24) is 15.2 Å². The second kappa shape index (κ2) is 6.55. The van der Waals surface area contributed by atoms with Crippen molar-refractivity contribution in [2.45, 2.75) is 26.7 Å². The van der Waals surface area contributed by atoms with Crippen LogP contribution < -0.4 is 5.32 Å². The normalized spacial score (nSPS) is 11.0. The first-order chi connectivity index (χ1) is 11.0. The van der Waals surface area contributed by atoms with Crippen LogP contribution in [0.25, 0.3) is 10.6 Å². The summed E-state index contributed by atoms with van der Waals surface area (Å²) in [5.41, 5.74) is 2.60. The number of carbonyl (C=O) groups is 1. The zero-order chi connectivity index (χ0) is 16.4. The van der Waals surface area contributed by atoms with Crippen LogP contribution in [0, 0.1) is 6.92 Å². The summed E-state index contributed by atoms with van der Waals surface area (Å²) in [4.78, 5) is 16.7. The Hall–Kier alpha value is -2.12. The third-order valence-corrected chi connectivity index (χ3v) is 5.22. The third kappa shape index (κ3) is 3.62. The number of thiazole rings is 1. The molecule has 23 heavy (non-hydrogen) atoms. The minimum Gasteiger partial charge on any atom is -0.295 e. The fourth-order valence-corrected chi connectivity index (χ4v) is 3.43. The lowest BCUT2D eigenvalue weighted by Crippen LogP contribution is -2.12. The zero-order valence-corrected chi connectivity index (χ0v) is 14.7. The molecule has 0 radical (unpaired) electrons. The molecule has 0 spiro atoms. The van der Waals surface area contributed by atoms with E-state index in [-0.39, 0.29) is 5.91 Å². The van der Waals surface area contributed by atoms with E-state index in [4.69, 9.17) is 0 Å². The molecule has 3 aromatic rings. The highest BCUT2D eigenvalue weighted by Gasteiger charge is 2.15. The zero-order valence-electron chi connectivity index (χ0n) is 13.0. The van der Waals surface area contributed by atoms with Crippen molar-refractivity contribution in [2.24, 2.45) is 0 Å². The number of amides is 1. The molecule has 0 atom stereocenters. The molecule has 5 nitrogen and oxygen atoms in total. The maximum Gasteiger partial charge on any atom is 0.276 e. The number of aromatic nitrogens is 3. The van der Waals surface area contributed by atoms with Gasteiger partial charge < -0.3 is 0 Å². The summed E-state index contributed by atoms with van der Waals surface area (Å²) in [6, 6.07) is 8.08. The van der Waals surface area contributed by atoms with Crippen LogP contribution >= 0.6 is 22.7 Å². The molecule has 0 bridgehead atoms. The number of hydrogen-bond donors (Lipinski definition) is 1. The van der Waals surface area contributed by atoms with Gasteiger partial charge in [-0.15, -0.1) is 21.5 Å². The van der Waals surface area contributed by atoms with Gasteiger partial charge >= 0.3 is 0 Å². The van der Waals surface area contributed by atoms with Crippen molar-refractivity contribution < 1.29 is 4.79 Å². The van der Waals surface area contributed by atoms with Crippen LogP contribution in [0.15, 0.2) is 29.6 Å². The lowest BCUT2D eigenvalue weighted by atomic mass is 10.2. The Bertz CT molecular complexity index is 821. The van der Waals surface area contributed by atoms with Crippen molar-refractivity contribution >= 4 is 33.7 Å². The molecule has 1 N–H and O–H groups in total. The highest BCUT2D eigenvalue weighted by molar-refractivity contribution is 7.15. The van der Waals surface area contributed by atoms with Gasteiger partial charge in [0.15, 0.2) is 0 Å². The molecule has 118 valence electrons. The Morgan fingerprint density at radius 3 is 2.57 bits per heavy atom. The monoisotopic (exact) mass is 344 g/mol. The molecule has 3 rings (SSSR count). The van der Waals surface area contributed by atoms with Crippen molar-refractivity contribution in [3.63, 3.8) is 0 Å². The van der Waals surface area contributed by atoms with Gasteiger partial charge in [0.05, 0.1) is 0 Å². The SMILES string of the molecule is Cc1ccc(-c2nc(C(=O)Nc3nnc(C(C)C)s3)cs2)cc1. The molecule has 0 unspecified atom stereocenters. The van der Waals surface area contributed by atoms with Gasteiger partial charge in [-0.1, -0.05) is 55.0 Å². The highest BCUT2D eigenvalue weighted by Crippen LogP contribution is 2.26. The van der Waals surface area contributed by atoms with E-state index in [1.807, 2.05) is 45.0 Å². The summed E-state index contributed by atoms with van der Waals surface area (Å²) in [5.74, 6) is 0.0385. The molecule has 1 amide bonds. The number of nitrogens with one attached hydrogen (secondary N) is 1. The molecule has 0 aliphatic carbocycles. The van der Waals surface area contributed by atoms with Gasteiger partial charge in [-0.05, 0) is 6.92 Å². The predicted octanol–water partition coefficient (Wildman–Crippen LogP) is 4.35. The van der Waals surface area contributed by atoms with Gasteiger partial charge in [-0.3, -0.25) is 10.1 Å². The number of anilines is 1. The summed E-state index contributed by atoms with van der Waals surface area (Å²) < 4.78 is 0. The van der Waals surface area contributed by atoms with Crippen LogP contribution in [-0.4, -0.2) is 21.1 Å². The van der Waals surface area contributed by atoms with Crippen LogP contribution in [0.2, 0.25) is 0 Å². The van der Waals surface area contributed by atoms with Crippen LogP contribution in [0.3, 0.4) is 0 Å². The van der Waals surface area contributed by atoms with Gasteiger partial charge in [-0.25, -0.2) is 4.98 Å². The molecule has 0 saturated heterocycles. The lowest BCUT2D eigenvalue weighted by molar-refractivity contribution is 0.102. The molecule has 0 fully saturated rings. The Morgan fingerprint density at radius 1 is 1.17 bits per heavy atom. The fourth-order valence-electron chi connectivity index (χ4n) is 1.89. The van der Waals surface area contributed by atoms with Crippen LogP contribution in [0.4, 0.5) is 5.13 Å². The lowest BCUT2D eigenvalue weighted by Gasteiger charge is -1.98. The first kappa shape index (κ1) is 15.8. The highest BCUT2D eigenvalue weighted by atomic mass is 32.1. The van der Waals surface area contributed by atoms with E-state index in [0.29, 0.717) is 16.7 Å². The number of rotatable bonds is 4. The van der Waals surface area contributed by atoms with Crippen LogP contribution in [0.1, 0.15) is 40.8 Å². The van der Waals surface area contributed by atoms with Crippen LogP contribution in [-0.2, 0) is 0 Å². The average Bonchev–Trinajstić information content (AvgIpc) is 3.17. The molecule has 0 aliphatic rings. The Kier molecular flexibility index (Phi) is 4.49. The first-order valence-corrected chi connectivity index (χ1v) is 8.90. The summed E-state index contributed by atoms with van der Waals surface area (Å²) in [7, 11) is 0. The summed E-state index contributed by atoms with van der Waals surface area (Å²) in [6.45, 7) is 6.12. The molecule has 1 aromatic carbocycles. The molecule has 2 heterocycles. The quantitative estimate of drug-likeness (QED) is 0.764. The number of benzene rings is 1. The standard InChI is InChI=1S/C16H16N4OS2/c1-9(2)14-19-20-16(23-14)18-13(21)12-8-22-15(17-12)11-6-4-10(3)5-7-11/h4-9H,1-3H3,(H,18,20,21). The summed E-state index contributed by atoms with van der Waals surface area (Å²) in [5, 5.41) is 14.8. The maximum absolute atomic E-state index is 12.3. The summed E-state index contributed by atoms with van der Waals surface area (Å²) >= 11 is 2.84. The predicted molar refractivity (Wildman–Crippen MR) is 94.2 cm³/mol. The Balaban J connectivity index is 1.74. The van der Waals surface area contributed by atoms with E-state index in [0.717, 1.165) is 15.6 Å². The van der Waals surface area contributed by atoms with E-state index in [9.17, 15) is 4.79 Å². The average molecular weight is 344 g/mol. The number of hydrogen-bond acceptors (Lipinski definition) is 6. The minimum atomic E-state index is -0.258. The Morgan fingerprint density at radius 2 is 1.91 bits per heavy atom. The van der Waals surface area contributed by atoms with Gasteiger partial charge in [-0.2, -0.15) is 0 Å². The minimum absolute atomic E-state index is 0.258. The van der Waals surface area contributed by atoms with E-state index in [2.05, 4.69) is 20.5 Å². The van der Waals surface area contributed by atoms with Crippen molar-refractivity contribution in [2.75, 3.05) is 5.32 Å². The molecule has 0 aliphatic heterocycles. The maximum atomic E-state index is 12.3. The molecular formula is C16H16N4OS2. The van der Waals surface area contributed by atoms with Gasteiger partial charge in [0.25, 0.3) is 5.91 Å². The second-order valence-electron chi connectivity index (χ2n) is 5.46. The van der Waals surface area contributed by atoms with Gasteiger partial charge in [0, 0.05) is 16.9 Å².